The molecule has 1 saturated heterocycles. The Morgan fingerprint density at radius 1 is 1.67 bits per heavy atom. The maximum atomic E-state index is 11.2. The van der Waals surface area contributed by atoms with E-state index in [1.165, 1.54) is 7.11 Å². The second-order valence-corrected chi connectivity index (χ2v) is 3.09. The summed E-state index contributed by atoms with van der Waals surface area (Å²) in [7, 11) is 3.34. The maximum Gasteiger partial charge on any atom is 0.409 e. The molecule has 2 unspecified atom stereocenters. The fraction of sp³-hybridized carbons (Fsp3) is 0.875. The van der Waals surface area contributed by atoms with E-state index in [1.54, 1.807) is 4.90 Å². The van der Waals surface area contributed by atoms with Gasteiger partial charge in [0.15, 0.2) is 0 Å². The van der Waals surface area contributed by atoms with Crippen molar-refractivity contribution < 1.29 is 9.53 Å². The first kappa shape index (κ1) is 9.32. The first-order valence-corrected chi connectivity index (χ1v) is 4.22. The molecule has 0 spiro atoms. The van der Waals surface area contributed by atoms with Gasteiger partial charge in [-0.05, 0) is 20.4 Å². The van der Waals surface area contributed by atoms with E-state index in [0.717, 1.165) is 13.0 Å². The average molecular weight is 172 g/mol. The van der Waals surface area contributed by atoms with Crippen molar-refractivity contribution in [3.05, 3.63) is 0 Å². The molecule has 1 heterocycles. The number of likely N-dealkylation sites (tertiary alicyclic amines) is 1. The molecular formula is C8H16N2O2. The second kappa shape index (κ2) is 3.76. The lowest BCUT2D eigenvalue weighted by Gasteiger charge is -2.22. The largest absolute Gasteiger partial charge is 0.453 e. The highest BCUT2D eigenvalue weighted by Gasteiger charge is 2.33. The summed E-state index contributed by atoms with van der Waals surface area (Å²) in [6, 6.07) is 0.645. The first-order chi connectivity index (χ1) is 5.70. The summed E-state index contributed by atoms with van der Waals surface area (Å²) < 4.78 is 4.66. The zero-order chi connectivity index (χ0) is 9.14. The van der Waals surface area contributed by atoms with E-state index in [1.807, 2.05) is 14.0 Å². The van der Waals surface area contributed by atoms with E-state index in [0.29, 0.717) is 6.04 Å². The molecule has 12 heavy (non-hydrogen) atoms. The van der Waals surface area contributed by atoms with Crippen molar-refractivity contribution in [3.8, 4) is 0 Å². The number of hydrogen-bond acceptors (Lipinski definition) is 3. The van der Waals surface area contributed by atoms with Gasteiger partial charge in [-0.1, -0.05) is 0 Å². The van der Waals surface area contributed by atoms with Gasteiger partial charge in [0.25, 0.3) is 0 Å². The molecule has 0 aromatic carbocycles. The third kappa shape index (κ3) is 1.53. The predicted molar refractivity (Wildman–Crippen MR) is 46.0 cm³/mol. The molecule has 0 saturated carbocycles. The van der Waals surface area contributed by atoms with Crippen LogP contribution in [0.5, 0.6) is 0 Å². The number of nitrogens with one attached hydrogen (secondary N) is 1. The van der Waals surface area contributed by atoms with Crippen LogP contribution in [0.1, 0.15) is 13.3 Å². The van der Waals surface area contributed by atoms with Crippen LogP contribution in [-0.4, -0.2) is 43.8 Å². The molecule has 1 N–H and O–H groups in total. The van der Waals surface area contributed by atoms with Crippen molar-refractivity contribution in [2.45, 2.75) is 25.4 Å². The molecular weight excluding hydrogens is 156 g/mol. The lowest BCUT2D eigenvalue weighted by atomic mass is 10.1. The summed E-state index contributed by atoms with van der Waals surface area (Å²) in [6.07, 6.45) is 0.785. The molecule has 1 rings (SSSR count). The summed E-state index contributed by atoms with van der Waals surface area (Å²) in [5, 5.41) is 3.17. The Hall–Kier alpha value is -0.770. The van der Waals surface area contributed by atoms with Crippen LogP contribution < -0.4 is 5.32 Å². The van der Waals surface area contributed by atoms with Gasteiger partial charge >= 0.3 is 6.09 Å². The van der Waals surface area contributed by atoms with Crippen LogP contribution in [0.3, 0.4) is 0 Å². The molecule has 0 aliphatic carbocycles. The molecule has 1 fully saturated rings. The van der Waals surface area contributed by atoms with E-state index in [9.17, 15) is 4.79 Å². The van der Waals surface area contributed by atoms with E-state index >= 15 is 0 Å². The molecule has 1 aliphatic heterocycles. The molecule has 2 atom stereocenters. The van der Waals surface area contributed by atoms with E-state index < -0.39 is 0 Å². The van der Waals surface area contributed by atoms with Crippen LogP contribution in [-0.2, 0) is 4.74 Å². The quantitative estimate of drug-likeness (QED) is 0.624. The molecule has 0 aromatic rings. The topological polar surface area (TPSA) is 41.6 Å². The Bertz CT molecular complexity index is 172. The van der Waals surface area contributed by atoms with Crippen LogP contribution in [0.25, 0.3) is 0 Å². The molecule has 1 aliphatic rings. The Balaban J connectivity index is 2.54. The summed E-state index contributed by atoms with van der Waals surface area (Å²) >= 11 is 0. The highest BCUT2D eigenvalue weighted by atomic mass is 16.5. The van der Waals surface area contributed by atoms with Gasteiger partial charge in [-0.25, -0.2) is 4.79 Å². The molecule has 0 bridgehead atoms. The molecule has 4 nitrogen and oxygen atoms in total. The fourth-order valence-electron chi connectivity index (χ4n) is 1.70. The molecule has 4 heteroatoms. The van der Waals surface area contributed by atoms with Gasteiger partial charge in [0.05, 0.1) is 7.11 Å². The number of carbonyl (C=O) groups is 1. The van der Waals surface area contributed by atoms with Gasteiger partial charge in [-0.3, -0.25) is 0 Å². The number of amides is 1. The molecule has 0 aromatic heterocycles. The lowest BCUT2D eigenvalue weighted by molar-refractivity contribution is 0.119. The highest BCUT2D eigenvalue weighted by Crippen LogP contribution is 2.17. The van der Waals surface area contributed by atoms with Crippen LogP contribution in [0, 0.1) is 0 Å². The van der Waals surface area contributed by atoms with Gasteiger partial charge in [-0.15, -0.1) is 0 Å². The lowest BCUT2D eigenvalue weighted by Crippen LogP contribution is -2.41. The van der Waals surface area contributed by atoms with Crippen LogP contribution in [0.2, 0.25) is 0 Å². The molecule has 0 radical (unpaired) electrons. The van der Waals surface area contributed by atoms with Crippen molar-refractivity contribution in [2.24, 2.45) is 0 Å². The minimum Gasteiger partial charge on any atom is -0.453 e. The summed E-state index contributed by atoms with van der Waals surface area (Å²) in [4.78, 5) is 12.9. The fourth-order valence-corrected chi connectivity index (χ4v) is 1.70. The van der Waals surface area contributed by atoms with E-state index in [4.69, 9.17) is 0 Å². The van der Waals surface area contributed by atoms with Gasteiger partial charge < -0.3 is 15.0 Å². The predicted octanol–water partition coefficient (Wildman–Crippen LogP) is 0.435. The number of rotatable bonds is 1. The van der Waals surface area contributed by atoms with Crippen LogP contribution >= 0.6 is 0 Å². The van der Waals surface area contributed by atoms with Crippen molar-refractivity contribution in [3.63, 3.8) is 0 Å². The Kier molecular flexibility index (Phi) is 2.92. The number of methoxy groups -OCH3 is 1. The summed E-state index contributed by atoms with van der Waals surface area (Å²) in [5.41, 5.74) is 0. The maximum absolute atomic E-state index is 11.2. The zero-order valence-corrected chi connectivity index (χ0v) is 7.83. The Morgan fingerprint density at radius 2 is 2.33 bits per heavy atom. The van der Waals surface area contributed by atoms with Crippen LogP contribution in [0.4, 0.5) is 4.79 Å². The SMILES string of the molecule is CNC1CCN(C(=O)OC)C1C. The minimum absolute atomic E-state index is 0.222. The molecule has 70 valence electrons. The summed E-state index contributed by atoms with van der Waals surface area (Å²) in [5.74, 6) is 0. The van der Waals surface area contributed by atoms with Crippen molar-refractivity contribution in [1.29, 1.82) is 0 Å². The zero-order valence-electron chi connectivity index (χ0n) is 7.83. The van der Waals surface area contributed by atoms with Crippen molar-refractivity contribution >= 4 is 6.09 Å². The number of nitrogens with zero attached hydrogens (tertiary/aromatic N) is 1. The number of carbonyl (C=O) groups excluding carboxylic acids is 1. The van der Waals surface area contributed by atoms with Crippen LogP contribution in [0.15, 0.2) is 0 Å². The average Bonchev–Trinajstić information content (AvgIpc) is 2.45. The highest BCUT2D eigenvalue weighted by molar-refractivity contribution is 5.68. The first-order valence-electron chi connectivity index (χ1n) is 4.22. The Labute approximate surface area is 72.9 Å². The summed E-state index contributed by atoms with van der Waals surface area (Å²) in [6.45, 7) is 2.82. The van der Waals surface area contributed by atoms with Crippen molar-refractivity contribution in [1.82, 2.24) is 10.2 Å². The van der Waals surface area contributed by atoms with E-state index in [-0.39, 0.29) is 12.1 Å². The number of likely N-dealkylation sites (N-methyl/N-ethyl adjacent to an activating group) is 1. The second-order valence-electron chi connectivity index (χ2n) is 3.09. The molecule has 1 amide bonds. The van der Waals surface area contributed by atoms with Gasteiger partial charge in [0.2, 0.25) is 0 Å². The standard InChI is InChI=1S/C8H16N2O2/c1-6-7(9-2)4-5-10(6)8(11)12-3/h6-7,9H,4-5H2,1-3H3. The third-order valence-corrected chi connectivity index (χ3v) is 2.53. The number of ether oxygens (including phenoxy) is 1. The normalized spacial score (nSPS) is 29.1. The number of hydrogen-bond donors (Lipinski definition) is 1. The Morgan fingerprint density at radius 3 is 2.75 bits per heavy atom. The van der Waals surface area contributed by atoms with E-state index in [2.05, 4.69) is 10.1 Å². The monoisotopic (exact) mass is 172 g/mol. The minimum atomic E-state index is -0.222. The smallest absolute Gasteiger partial charge is 0.409 e. The third-order valence-electron chi connectivity index (χ3n) is 2.53. The van der Waals surface area contributed by atoms with Gasteiger partial charge in [-0.2, -0.15) is 0 Å². The van der Waals surface area contributed by atoms with Gasteiger partial charge in [0, 0.05) is 18.6 Å². The van der Waals surface area contributed by atoms with Gasteiger partial charge in [0.1, 0.15) is 0 Å². The van der Waals surface area contributed by atoms with Crippen molar-refractivity contribution in [2.75, 3.05) is 20.7 Å².